The zero-order valence-corrected chi connectivity index (χ0v) is 10.4. The van der Waals surface area contributed by atoms with Crippen molar-refractivity contribution in [3.05, 3.63) is 35.4 Å². The lowest BCUT2D eigenvalue weighted by Crippen LogP contribution is -2.35. The van der Waals surface area contributed by atoms with E-state index in [4.69, 9.17) is 5.73 Å². The second-order valence-corrected chi connectivity index (χ2v) is 5.31. The summed E-state index contributed by atoms with van der Waals surface area (Å²) in [5, 5.41) is 13.8. The minimum Gasteiger partial charge on any atom is -0.383 e. The van der Waals surface area contributed by atoms with E-state index >= 15 is 0 Å². The summed E-state index contributed by atoms with van der Waals surface area (Å²) in [7, 11) is 0. The number of aryl methyl sites for hydroxylation is 1. The number of nitrogens with one attached hydrogen (secondary N) is 1. The third kappa shape index (κ3) is 2.20. The van der Waals surface area contributed by atoms with E-state index in [0.29, 0.717) is 18.5 Å². The molecular formula is C14H19N3O. The number of benzene rings is 1. The average molecular weight is 245 g/mol. The molecule has 1 unspecified atom stereocenters. The Kier molecular flexibility index (Phi) is 2.74. The summed E-state index contributed by atoms with van der Waals surface area (Å²) in [5.41, 5.74) is 7.19. The van der Waals surface area contributed by atoms with E-state index in [9.17, 15) is 5.11 Å². The van der Waals surface area contributed by atoms with Crippen molar-refractivity contribution in [2.45, 2.75) is 37.3 Å². The molecule has 0 spiro atoms. The lowest BCUT2D eigenvalue weighted by molar-refractivity contribution is 0.0486. The van der Waals surface area contributed by atoms with Gasteiger partial charge in [0.05, 0.1) is 6.54 Å². The number of guanidine groups is 1. The molecule has 2 aliphatic carbocycles. The van der Waals surface area contributed by atoms with Gasteiger partial charge in [0.15, 0.2) is 5.96 Å². The van der Waals surface area contributed by atoms with Gasteiger partial charge in [0, 0.05) is 6.04 Å². The second-order valence-electron chi connectivity index (χ2n) is 5.31. The number of rotatable bonds is 3. The topological polar surface area (TPSA) is 70.6 Å². The molecule has 4 heteroatoms. The summed E-state index contributed by atoms with van der Waals surface area (Å²) < 4.78 is 0. The first-order valence-corrected chi connectivity index (χ1v) is 6.55. The van der Waals surface area contributed by atoms with E-state index < -0.39 is 5.60 Å². The van der Waals surface area contributed by atoms with Gasteiger partial charge >= 0.3 is 0 Å². The van der Waals surface area contributed by atoms with Crippen LogP contribution in [0.2, 0.25) is 0 Å². The molecule has 0 heterocycles. The fourth-order valence-corrected chi connectivity index (χ4v) is 2.53. The highest BCUT2D eigenvalue weighted by molar-refractivity contribution is 5.78. The third-order valence-corrected chi connectivity index (χ3v) is 3.77. The molecule has 1 fully saturated rings. The van der Waals surface area contributed by atoms with Crippen LogP contribution in [0.5, 0.6) is 0 Å². The predicted molar refractivity (Wildman–Crippen MR) is 71.3 cm³/mol. The standard InChI is InChI=1S/C14H19N3O/c15-13(17-11-5-6-11)16-9-14(18)8-7-10-3-1-2-4-12(10)14/h1-4,11,18H,5-9H2,(H3,15,16,17). The maximum absolute atomic E-state index is 10.7. The van der Waals surface area contributed by atoms with E-state index in [1.54, 1.807) is 0 Å². The second kappa shape index (κ2) is 4.28. The fourth-order valence-electron chi connectivity index (χ4n) is 2.53. The molecule has 1 atom stereocenters. The summed E-state index contributed by atoms with van der Waals surface area (Å²) in [6, 6.07) is 8.53. The summed E-state index contributed by atoms with van der Waals surface area (Å²) in [5.74, 6) is 0.454. The molecule has 1 saturated carbocycles. The first-order valence-electron chi connectivity index (χ1n) is 6.55. The monoisotopic (exact) mass is 245 g/mol. The Labute approximate surface area is 107 Å². The molecule has 2 aliphatic rings. The van der Waals surface area contributed by atoms with E-state index in [1.807, 2.05) is 18.2 Å². The lowest BCUT2D eigenvalue weighted by atomic mass is 9.96. The number of fused-ring (bicyclic) bond motifs is 1. The van der Waals surface area contributed by atoms with Gasteiger partial charge in [-0.1, -0.05) is 24.3 Å². The molecule has 1 aromatic rings. The molecule has 0 aromatic heterocycles. The van der Waals surface area contributed by atoms with Gasteiger partial charge in [-0.3, -0.25) is 4.99 Å². The van der Waals surface area contributed by atoms with Crippen molar-refractivity contribution < 1.29 is 5.11 Å². The molecule has 4 N–H and O–H groups in total. The Morgan fingerprint density at radius 2 is 2.22 bits per heavy atom. The van der Waals surface area contributed by atoms with Crippen molar-refractivity contribution in [2.24, 2.45) is 10.7 Å². The number of nitrogens with zero attached hydrogens (tertiary/aromatic N) is 1. The van der Waals surface area contributed by atoms with E-state index in [0.717, 1.165) is 18.4 Å². The maximum atomic E-state index is 10.7. The Morgan fingerprint density at radius 3 is 3.00 bits per heavy atom. The normalized spacial score (nSPS) is 27.1. The van der Waals surface area contributed by atoms with Crippen LogP contribution in [-0.4, -0.2) is 23.7 Å². The van der Waals surface area contributed by atoms with Gasteiger partial charge in [0.1, 0.15) is 5.60 Å². The number of aliphatic imine (C=N–C) groups is 1. The van der Waals surface area contributed by atoms with Crippen LogP contribution in [0, 0.1) is 0 Å². The quantitative estimate of drug-likeness (QED) is 0.547. The minimum atomic E-state index is -0.841. The molecule has 18 heavy (non-hydrogen) atoms. The summed E-state index contributed by atoms with van der Waals surface area (Å²) in [6.07, 6.45) is 3.98. The van der Waals surface area contributed by atoms with Crippen LogP contribution in [0.4, 0.5) is 0 Å². The molecular weight excluding hydrogens is 226 g/mol. The van der Waals surface area contributed by atoms with Gasteiger partial charge in [-0.2, -0.15) is 0 Å². The van der Waals surface area contributed by atoms with Gasteiger partial charge < -0.3 is 16.2 Å². The van der Waals surface area contributed by atoms with Crippen molar-refractivity contribution in [3.63, 3.8) is 0 Å². The van der Waals surface area contributed by atoms with Gasteiger partial charge in [0.25, 0.3) is 0 Å². The maximum Gasteiger partial charge on any atom is 0.188 e. The third-order valence-electron chi connectivity index (χ3n) is 3.77. The Morgan fingerprint density at radius 1 is 1.44 bits per heavy atom. The van der Waals surface area contributed by atoms with Crippen molar-refractivity contribution in [1.29, 1.82) is 0 Å². The van der Waals surface area contributed by atoms with Crippen molar-refractivity contribution in [1.82, 2.24) is 5.32 Å². The van der Waals surface area contributed by atoms with Gasteiger partial charge in [-0.15, -0.1) is 0 Å². The lowest BCUT2D eigenvalue weighted by Gasteiger charge is -2.22. The van der Waals surface area contributed by atoms with Crippen LogP contribution in [-0.2, 0) is 12.0 Å². The number of aliphatic hydroxyl groups is 1. The Hall–Kier alpha value is -1.55. The van der Waals surface area contributed by atoms with E-state index in [-0.39, 0.29) is 0 Å². The highest BCUT2D eigenvalue weighted by Gasteiger charge is 2.36. The van der Waals surface area contributed by atoms with Crippen LogP contribution in [0.3, 0.4) is 0 Å². The highest BCUT2D eigenvalue weighted by Crippen LogP contribution is 2.36. The van der Waals surface area contributed by atoms with Gasteiger partial charge in [-0.05, 0) is 36.8 Å². The van der Waals surface area contributed by atoms with Crippen LogP contribution in [0.25, 0.3) is 0 Å². The van der Waals surface area contributed by atoms with Crippen LogP contribution < -0.4 is 11.1 Å². The Balaban J connectivity index is 1.72. The zero-order chi connectivity index (χ0) is 12.6. The smallest absolute Gasteiger partial charge is 0.188 e. The SMILES string of the molecule is NC(=NCC1(O)CCc2ccccc21)NC1CC1. The first kappa shape index (κ1) is 11.5. The van der Waals surface area contributed by atoms with E-state index in [2.05, 4.69) is 16.4 Å². The largest absolute Gasteiger partial charge is 0.383 e. The molecule has 96 valence electrons. The average Bonchev–Trinajstić information content (AvgIpc) is 3.12. The highest BCUT2D eigenvalue weighted by atomic mass is 16.3. The molecule has 4 nitrogen and oxygen atoms in total. The van der Waals surface area contributed by atoms with Crippen molar-refractivity contribution in [3.8, 4) is 0 Å². The molecule has 0 aliphatic heterocycles. The number of hydrogen-bond acceptors (Lipinski definition) is 2. The summed E-state index contributed by atoms with van der Waals surface area (Å²) >= 11 is 0. The molecule has 3 rings (SSSR count). The zero-order valence-electron chi connectivity index (χ0n) is 10.4. The van der Waals surface area contributed by atoms with Crippen LogP contribution in [0.15, 0.2) is 29.3 Å². The van der Waals surface area contributed by atoms with Gasteiger partial charge in [0.2, 0.25) is 0 Å². The Bertz CT molecular complexity index is 482. The molecule has 0 amide bonds. The molecule has 0 saturated heterocycles. The minimum absolute atomic E-state index is 0.343. The van der Waals surface area contributed by atoms with E-state index in [1.165, 1.54) is 18.4 Å². The fraction of sp³-hybridized carbons (Fsp3) is 0.500. The first-order chi connectivity index (χ1) is 8.67. The molecule has 0 bridgehead atoms. The van der Waals surface area contributed by atoms with Crippen LogP contribution in [0.1, 0.15) is 30.4 Å². The summed E-state index contributed by atoms with van der Waals surface area (Å²) in [4.78, 5) is 4.29. The van der Waals surface area contributed by atoms with Crippen molar-refractivity contribution >= 4 is 5.96 Å². The van der Waals surface area contributed by atoms with Gasteiger partial charge in [-0.25, -0.2) is 0 Å². The summed E-state index contributed by atoms with van der Waals surface area (Å²) in [6.45, 7) is 0.343. The number of hydrogen-bond donors (Lipinski definition) is 3. The molecule has 1 aromatic carbocycles. The van der Waals surface area contributed by atoms with Crippen LogP contribution >= 0.6 is 0 Å². The number of nitrogens with two attached hydrogens (primary N) is 1. The predicted octanol–water partition coefficient (Wildman–Crippen LogP) is 0.887. The van der Waals surface area contributed by atoms with Crippen molar-refractivity contribution in [2.75, 3.05) is 6.54 Å². The molecule has 0 radical (unpaired) electrons.